The van der Waals surface area contributed by atoms with Gasteiger partial charge in [-0.15, -0.1) is 0 Å². The third-order valence-corrected chi connectivity index (χ3v) is 3.77. The Bertz CT molecular complexity index is 749. The summed E-state index contributed by atoms with van der Waals surface area (Å²) in [6, 6.07) is 7.99. The zero-order chi connectivity index (χ0) is 16.9. The number of aromatic nitrogens is 1. The van der Waals surface area contributed by atoms with Gasteiger partial charge in [0.1, 0.15) is 5.75 Å². The third kappa shape index (κ3) is 3.97. The molecule has 1 fully saturated rings. The van der Waals surface area contributed by atoms with E-state index in [9.17, 15) is 9.18 Å². The second-order valence-corrected chi connectivity index (χ2v) is 5.65. The Labute approximate surface area is 139 Å². The lowest BCUT2D eigenvalue weighted by molar-refractivity contribution is -0.124. The maximum Gasteiger partial charge on any atom is 0.246 e. The number of halogens is 1. The highest BCUT2D eigenvalue weighted by molar-refractivity contribution is 5.92. The minimum absolute atomic E-state index is 0.0451. The fourth-order valence-electron chi connectivity index (χ4n) is 2.50. The normalized spacial score (nSPS) is 17.4. The molecule has 2 heterocycles. The first kappa shape index (κ1) is 16.1. The van der Waals surface area contributed by atoms with Gasteiger partial charge in [-0.05, 0) is 42.3 Å². The van der Waals surface area contributed by atoms with Crippen LogP contribution in [0.15, 0.2) is 48.8 Å². The minimum atomic E-state index is -0.503. The second-order valence-electron chi connectivity index (χ2n) is 5.65. The number of likely N-dealkylation sites (tertiary alicyclic amines) is 1. The van der Waals surface area contributed by atoms with E-state index in [4.69, 9.17) is 10.5 Å². The number of benzene rings is 1. The summed E-state index contributed by atoms with van der Waals surface area (Å²) in [6.45, 7) is 1.23. The first-order chi connectivity index (χ1) is 11.6. The van der Waals surface area contributed by atoms with E-state index in [-0.39, 0.29) is 17.7 Å². The number of nitrogens with two attached hydrogens (primary N) is 1. The molecule has 5 nitrogen and oxygen atoms in total. The molecular weight excluding hydrogens is 309 g/mol. The van der Waals surface area contributed by atoms with E-state index in [0.29, 0.717) is 24.4 Å². The minimum Gasteiger partial charge on any atom is -0.453 e. The average molecular weight is 327 g/mol. The van der Waals surface area contributed by atoms with Crippen molar-refractivity contribution >= 4 is 12.0 Å². The highest BCUT2D eigenvalue weighted by atomic mass is 19.1. The molecule has 1 aliphatic heterocycles. The van der Waals surface area contributed by atoms with Crippen LogP contribution in [-0.4, -0.2) is 34.9 Å². The molecule has 2 aromatic rings. The second kappa shape index (κ2) is 7.23. The molecule has 1 aromatic carbocycles. The van der Waals surface area contributed by atoms with Crippen molar-refractivity contribution in [3.05, 3.63) is 60.2 Å². The van der Waals surface area contributed by atoms with Crippen LogP contribution in [0, 0.1) is 5.82 Å². The molecule has 1 saturated heterocycles. The van der Waals surface area contributed by atoms with E-state index in [1.165, 1.54) is 24.4 Å². The van der Waals surface area contributed by atoms with Gasteiger partial charge in [-0.2, -0.15) is 0 Å². The smallest absolute Gasteiger partial charge is 0.246 e. The number of amides is 1. The highest BCUT2D eigenvalue weighted by Gasteiger charge is 2.21. The van der Waals surface area contributed by atoms with Gasteiger partial charge in [-0.1, -0.05) is 6.07 Å². The lowest BCUT2D eigenvalue weighted by atomic mass is 10.2. The van der Waals surface area contributed by atoms with E-state index in [2.05, 4.69) is 4.98 Å². The van der Waals surface area contributed by atoms with Crippen LogP contribution in [-0.2, 0) is 4.79 Å². The summed E-state index contributed by atoms with van der Waals surface area (Å²) in [7, 11) is 0. The van der Waals surface area contributed by atoms with Gasteiger partial charge < -0.3 is 15.4 Å². The van der Waals surface area contributed by atoms with Gasteiger partial charge in [0.25, 0.3) is 0 Å². The van der Waals surface area contributed by atoms with Crippen molar-refractivity contribution in [1.29, 1.82) is 0 Å². The zero-order valence-electron chi connectivity index (χ0n) is 13.1. The predicted molar refractivity (Wildman–Crippen MR) is 88.9 cm³/mol. The van der Waals surface area contributed by atoms with Crippen LogP contribution in [0.1, 0.15) is 12.0 Å². The van der Waals surface area contributed by atoms with Crippen molar-refractivity contribution in [2.75, 3.05) is 13.1 Å². The van der Waals surface area contributed by atoms with Gasteiger partial charge in [0.2, 0.25) is 5.91 Å². The Hall–Kier alpha value is -2.73. The molecule has 2 N–H and O–H groups in total. The van der Waals surface area contributed by atoms with Crippen molar-refractivity contribution in [3.8, 4) is 11.5 Å². The average Bonchev–Trinajstić information content (AvgIpc) is 3.02. The molecule has 1 aliphatic rings. The van der Waals surface area contributed by atoms with E-state index in [1.807, 2.05) is 0 Å². The number of carbonyl (C=O) groups excluding carboxylic acids is 1. The van der Waals surface area contributed by atoms with Crippen LogP contribution in [0.5, 0.6) is 11.5 Å². The molecule has 0 unspecified atom stereocenters. The van der Waals surface area contributed by atoms with Gasteiger partial charge in [-0.25, -0.2) is 4.39 Å². The molecule has 6 heteroatoms. The SMILES string of the molecule is N[C@H]1CCN(C(=O)/C=C/c2ccc(Oc3cccnc3)c(F)c2)C1. The predicted octanol–water partition coefficient (Wildman–Crippen LogP) is 2.59. The molecular formula is C18H18FN3O2. The van der Waals surface area contributed by atoms with Crippen LogP contribution in [0.2, 0.25) is 0 Å². The monoisotopic (exact) mass is 327 g/mol. The largest absolute Gasteiger partial charge is 0.453 e. The van der Waals surface area contributed by atoms with Crippen LogP contribution in [0.3, 0.4) is 0 Å². The fraction of sp³-hybridized carbons (Fsp3) is 0.222. The molecule has 0 saturated carbocycles. The first-order valence-electron chi connectivity index (χ1n) is 7.72. The Morgan fingerprint density at radius 3 is 2.96 bits per heavy atom. The fourth-order valence-corrected chi connectivity index (χ4v) is 2.50. The van der Waals surface area contributed by atoms with Gasteiger partial charge >= 0.3 is 0 Å². The van der Waals surface area contributed by atoms with Gasteiger partial charge in [0, 0.05) is 31.4 Å². The topological polar surface area (TPSA) is 68.5 Å². The molecule has 0 radical (unpaired) electrons. The molecule has 24 heavy (non-hydrogen) atoms. The molecule has 3 rings (SSSR count). The lowest BCUT2D eigenvalue weighted by Crippen LogP contribution is -2.30. The van der Waals surface area contributed by atoms with Crippen LogP contribution < -0.4 is 10.5 Å². The number of ether oxygens (including phenoxy) is 1. The maximum atomic E-state index is 14.1. The van der Waals surface area contributed by atoms with E-state index in [0.717, 1.165) is 6.42 Å². The summed E-state index contributed by atoms with van der Waals surface area (Å²) in [5.41, 5.74) is 6.37. The van der Waals surface area contributed by atoms with Crippen LogP contribution in [0.4, 0.5) is 4.39 Å². The van der Waals surface area contributed by atoms with Crippen LogP contribution >= 0.6 is 0 Å². The highest BCUT2D eigenvalue weighted by Crippen LogP contribution is 2.24. The summed E-state index contributed by atoms with van der Waals surface area (Å²) in [5.74, 6) is -0.0482. The Morgan fingerprint density at radius 2 is 2.29 bits per heavy atom. The Morgan fingerprint density at radius 1 is 1.42 bits per heavy atom. The van der Waals surface area contributed by atoms with E-state index < -0.39 is 5.82 Å². The molecule has 124 valence electrons. The van der Waals surface area contributed by atoms with E-state index >= 15 is 0 Å². The first-order valence-corrected chi connectivity index (χ1v) is 7.72. The van der Waals surface area contributed by atoms with Crippen molar-refractivity contribution in [3.63, 3.8) is 0 Å². The van der Waals surface area contributed by atoms with Crippen molar-refractivity contribution in [2.24, 2.45) is 5.73 Å². The number of hydrogen-bond acceptors (Lipinski definition) is 4. The third-order valence-electron chi connectivity index (χ3n) is 3.77. The zero-order valence-corrected chi connectivity index (χ0v) is 13.1. The quantitative estimate of drug-likeness (QED) is 0.877. The summed E-state index contributed by atoms with van der Waals surface area (Å²) in [4.78, 5) is 17.6. The lowest BCUT2D eigenvalue weighted by Gasteiger charge is -2.12. The van der Waals surface area contributed by atoms with Gasteiger partial charge in [0.05, 0.1) is 6.20 Å². The maximum absolute atomic E-state index is 14.1. The van der Waals surface area contributed by atoms with Crippen molar-refractivity contribution in [1.82, 2.24) is 9.88 Å². The summed E-state index contributed by atoms with van der Waals surface area (Å²) in [6.07, 6.45) is 6.96. The number of hydrogen-bond donors (Lipinski definition) is 1. The number of pyridine rings is 1. The summed E-state index contributed by atoms with van der Waals surface area (Å²) in [5, 5.41) is 0. The Balaban J connectivity index is 1.66. The molecule has 0 aliphatic carbocycles. The van der Waals surface area contributed by atoms with Crippen LogP contribution in [0.25, 0.3) is 6.08 Å². The summed E-state index contributed by atoms with van der Waals surface area (Å²) >= 11 is 0. The standard InChI is InChI=1S/C18H18FN3O2/c19-16-10-13(4-6-18(23)22-9-7-14(20)12-22)3-5-17(16)24-15-2-1-8-21-11-15/h1-6,8,10-11,14H,7,9,12,20H2/b6-4+/t14-/m0/s1. The number of nitrogens with zero attached hydrogens (tertiary/aromatic N) is 2. The number of rotatable bonds is 4. The molecule has 1 atom stereocenters. The molecule has 0 spiro atoms. The van der Waals surface area contributed by atoms with Gasteiger partial charge in [-0.3, -0.25) is 9.78 Å². The molecule has 1 amide bonds. The Kier molecular flexibility index (Phi) is 4.86. The van der Waals surface area contributed by atoms with Crippen molar-refractivity contribution < 1.29 is 13.9 Å². The summed E-state index contributed by atoms with van der Waals surface area (Å²) < 4.78 is 19.6. The molecule has 0 bridgehead atoms. The van der Waals surface area contributed by atoms with E-state index in [1.54, 1.807) is 35.4 Å². The molecule has 1 aromatic heterocycles. The van der Waals surface area contributed by atoms with Crippen molar-refractivity contribution in [2.45, 2.75) is 12.5 Å². The van der Waals surface area contributed by atoms with Gasteiger partial charge in [0.15, 0.2) is 11.6 Å². The number of carbonyl (C=O) groups is 1.